The summed E-state index contributed by atoms with van der Waals surface area (Å²) in [6, 6.07) is 19.1. The first kappa shape index (κ1) is 17.8. The van der Waals surface area contributed by atoms with E-state index in [1.54, 1.807) is 42.5 Å². The van der Waals surface area contributed by atoms with Crippen molar-refractivity contribution in [3.63, 3.8) is 0 Å². The number of carbonyl (C=O) groups is 1. The predicted octanol–water partition coefficient (Wildman–Crippen LogP) is 4.17. The van der Waals surface area contributed by atoms with Crippen LogP contribution in [0.15, 0.2) is 83.8 Å². The summed E-state index contributed by atoms with van der Waals surface area (Å²) in [5, 5.41) is 0. The van der Waals surface area contributed by atoms with Crippen LogP contribution in [0, 0.1) is 12.7 Å². The van der Waals surface area contributed by atoms with Crippen LogP contribution in [0.25, 0.3) is 0 Å². The highest BCUT2D eigenvalue weighted by Crippen LogP contribution is 2.26. The number of nitrogens with zero attached hydrogens (tertiary/aromatic N) is 1. The minimum Gasteiger partial charge on any atom is -0.268 e. The van der Waals surface area contributed by atoms with E-state index in [-0.39, 0.29) is 16.1 Å². The average Bonchev–Trinajstić information content (AvgIpc) is 2.64. The molecular weight excluding hydrogens is 353 g/mol. The Balaban J connectivity index is 2.17. The maximum atomic E-state index is 13.5. The molecule has 0 atom stereocenters. The van der Waals surface area contributed by atoms with Crippen LogP contribution in [0.5, 0.6) is 0 Å². The molecule has 0 bridgehead atoms. The minimum atomic E-state index is -4.17. The number of amides is 1. The van der Waals surface area contributed by atoms with Gasteiger partial charge in [0.25, 0.3) is 15.9 Å². The van der Waals surface area contributed by atoms with E-state index in [4.69, 9.17) is 0 Å². The van der Waals surface area contributed by atoms with Crippen molar-refractivity contribution in [2.75, 3.05) is 4.31 Å². The second-order valence-electron chi connectivity index (χ2n) is 5.73. The second kappa shape index (κ2) is 7.09. The van der Waals surface area contributed by atoms with Crippen LogP contribution in [0.2, 0.25) is 0 Å². The molecule has 6 heteroatoms. The maximum absolute atomic E-state index is 13.5. The predicted molar refractivity (Wildman–Crippen MR) is 98.0 cm³/mol. The molecule has 3 rings (SSSR count). The van der Waals surface area contributed by atoms with Crippen molar-refractivity contribution in [3.05, 3.63) is 95.8 Å². The Kier molecular flexibility index (Phi) is 4.86. The third-order valence-corrected chi connectivity index (χ3v) is 5.53. The molecular formula is C20H16FNO3S. The van der Waals surface area contributed by atoms with Crippen molar-refractivity contribution < 1.29 is 17.6 Å². The molecule has 0 fully saturated rings. The molecule has 3 aromatic rings. The van der Waals surface area contributed by atoms with Gasteiger partial charge >= 0.3 is 0 Å². The molecule has 1 amide bonds. The van der Waals surface area contributed by atoms with Gasteiger partial charge < -0.3 is 0 Å². The van der Waals surface area contributed by atoms with Crippen molar-refractivity contribution in [2.24, 2.45) is 0 Å². The smallest absolute Gasteiger partial charge is 0.268 e. The second-order valence-corrected chi connectivity index (χ2v) is 7.52. The third-order valence-electron chi connectivity index (χ3n) is 3.81. The Morgan fingerprint density at radius 3 is 2.15 bits per heavy atom. The molecule has 4 nitrogen and oxygen atoms in total. The zero-order valence-electron chi connectivity index (χ0n) is 14.0. The number of rotatable bonds is 4. The first-order chi connectivity index (χ1) is 12.4. The van der Waals surface area contributed by atoms with Crippen molar-refractivity contribution >= 4 is 21.6 Å². The number of benzene rings is 3. The number of anilines is 1. The van der Waals surface area contributed by atoms with Crippen LogP contribution in [0.4, 0.5) is 10.1 Å². The molecule has 0 aromatic heterocycles. The SMILES string of the molecule is Cc1ccc(N(C(=O)c2cccc(F)c2)S(=O)(=O)c2ccccc2)cc1. The summed E-state index contributed by atoms with van der Waals surface area (Å²) in [6.07, 6.45) is 0. The van der Waals surface area contributed by atoms with Gasteiger partial charge in [0.15, 0.2) is 0 Å². The topological polar surface area (TPSA) is 54.5 Å². The quantitative estimate of drug-likeness (QED) is 0.694. The van der Waals surface area contributed by atoms with Gasteiger partial charge in [-0.25, -0.2) is 12.8 Å². The first-order valence-corrected chi connectivity index (χ1v) is 9.30. The standard InChI is InChI=1S/C20H16FNO3S/c1-15-10-12-18(13-11-15)22(20(23)16-6-5-7-17(21)14-16)26(24,25)19-8-3-2-4-9-19/h2-14H,1H3. The molecule has 3 aromatic carbocycles. The molecule has 0 unspecified atom stereocenters. The van der Waals surface area contributed by atoms with Gasteiger partial charge in [0.1, 0.15) is 5.82 Å². The lowest BCUT2D eigenvalue weighted by molar-refractivity contribution is 0.100. The molecule has 0 spiro atoms. The highest BCUT2D eigenvalue weighted by Gasteiger charge is 2.31. The fourth-order valence-electron chi connectivity index (χ4n) is 2.48. The van der Waals surface area contributed by atoms with E-state index < -0.39 is 21.7 Å². The molecule has 0 aliphatic carbocycles. The Labute approximate surface area is 151 Å². The molecule has 0 heterocycles. The Bertz CT molecular complexity index is 1030. The molecule has 0 saturated carbocycles. The van der Waals surface area contributed by atoms with Crippen LogP contribution in [-0.2, 0) is 10.0 Å². The van der Waals surface area contributed by atoms with Gasteiger partial charge in [0.05, 0.1) is 10.6 Å². The lowest BCUT2D eigenvalue weighted by Gasteiger charge is -2.23. The zero-order chi connectivity index (χ0) is 18.7. The van der Waals surface area contributed by atoms with Crippen molar-refractivity contribution in [2.45, 2.75) is 11.8 Å². The first-order valence-electron chi connectivity index (χ1n) is 7.86. The van der Waals surface area contributed by atoms with E-state index in [0.29, 0.717) is 4.31 Å². The summed E-state index contributed by atoms with van der Waals surface area (Å²) < 4.78 is 40.5. The van der Waals surface area contributed by atoms with E-state index in [2.05, 4.69) is 0 Å². The minimum absolute atomic E-state index is 0.0228. The normalized spacial score (nSPS) is 11.2. The Morgan fingerprint density at radius 2 is 1.54 bits per heavy atom. The monoisotopic (exact) mass is 369 g/mol. The molecule has 0 saturated heterocycles. The average molecular weight is 369 g/mol. The molecule has 132 valence electrons. The van der Waals surface area contributed by atoms with E-state index in [0.717, 1.165) is 11.6 Å². The van der Waals surface area contributed by atoms with Gasteiger partial charge in [0, 0.05) is 5.56 Å². The highest BCUT2D eigenvalue weighted by molar-refractivity contribution is 7.93. The molecule has 0 aliphatic rings. The van der Waals surface area contributed by atoms with Crippen molar-refractivity contribution in [1.82, 2.24) is 0 Å². The number of carbonyl (C=O) groups excluding carboxylic acids is 1. The number of halogens is 1. The zero-order valence-corrected chi connectivity index (χ0v) is 14.8. The van der Waals surface area contributed by atoms with Crippen molar-refractivity contribution in [3.8, 4) is 0 Å². The fraction of sp³-hybridized carbons (Fsp3) is 0.0500. The largest absolute Gasteiger partial charge is 0.272 e. The Morgan fingerprint density at radius 1 is 0.885 bits per heavy atom. The Hall–Kier alpha value is -2.99. The van der Waals surface area contributed by atoms with E-state index >= 15 is 0 Å². The van der Waals surface area contributed by atoms with Gasteiger partial charge in [-0.2, -0.15) is 4.31 Å². The number of hydrogen-bond acceptors (Lipinski definition) is 3. The highest BCUT2D eigenvalue weighted by atomic mass is 32.2. The van der Waals surface area contributed by atoms with Crippen LogP contribution >= 0.6 is 0 Å². The summed E-state index contributed by atoms with van der Waals surface area (Å²) in [6.45, 7) is 1.86. The van der Waals surface area contributed by atoms with Gasteiger partial charge in [0.2, 0.25) is 0 Å². The summed E-state index contributed by atoms with van der Waals surface area (Å²) in [5.74, 6) is -1.44. The van der Waals surface area contributed by atoms with Crippen LogP contribution in [-0.4, -0.2) is 14.3 Å². The van der Waals surface area contributed by atoms with E-state index in [9.17, 15) is 17.6 Å². The van der Waals surface area contributed by atoms with Gasteiger partial charge in [-0.3, -0.25) is 4.79 Å². The molecule has 0 N–H and O–H groups in total. The molecule has 0 aliphatic heterocycles. The summed E-state index contributed by atoms with van der Waals surface area (Å²) in [7, 11) is -4.17. The van der Waals surface area contributed by atoms with Crippen LogP contribution in [0.3, 0.4) is 0 Å². The van der Waals surface area contributed by atoms with Gasteiger partial charge in [-0.15, -0.1) is 0 Å². The fourth-order valence-corrected chi connectivity index (χ4v) is 3.92. The number of aryl methyl sites for hydroxylation is 1. The van der Waals surface area contributed by atoms with Crippen molar-refractivity contribution in [1.29, 1.82) is 0 Å². The lowest BCUT2D eigenvalue weighted by atomic mass is 10.2. The molecule has 26 heavy (non-hydrogen) atoms. The summed E-state index contributed by atoms with van der Waals surface area (Å²) >= 11 is 0. The molecule has 0 radical (unpaired) electrons. The van der Waals surface area contributed by atoms with Gasteiger partial charge in [-0.1, -0.05) is 42.0 Å². The third kappa shape index (κ3) is 3.50. The van der Waals surface area contributed by atoms with Crippen LogP contribution < -0.4 is 4.31 Å². The van der Waals surface area contributed by atoms with E-state index in [1.165, 1.54) is 30.3 Å². The number of sulfonamides is 1. The van der Waals surface area contributed by atoms with Gasteiger partial charge in [-0.05, 0) is 49.4 Å². The maximum Gasteiger partial charge on any atom is 0.272 e. The summed E-state index contributed by atoms with van der Waals surface area (Å²) in [5.41, 5.74) is 1.06. The number of hydrogen-bond donors (Lipinski definition) is 0. The summed E-state index contributed by atoms with van der Waals surface area (Å²) in [4.78, 5) is 13.0. The lowest BCUT2D eigenvalue weighted by Crippen LogP contribution is -2.37. The van der Waals surface area contributed by atoms with E-state index in [1.807, 2.05) is 6.92 Å². The van der Waals surface area contributed by atoms with Crippen LogP contribution in [0.1, 0.15) is 15.9 Å².